The summed E-state index contributed by atoms with van der Waals surface area (Å²) in [6, 6.07) is 9.04. The number of aliphatic hydroxyl groups is 1. The Bertz CT molecular complexity index is 1120. The van der Waals surface area contributed by atoms with E-state index in [9.17, 15) is 10.2 Å². The largest absolute Gasteiger partial charge is 0.508 e. The molecule has 2 fully saturated rings. The molecule has 9 nitrogen and oxygen atoms in total. The molecular formula is C23H27N5O4. The molecule has 1 aromatic carbocycles. The van der Waals surface area contributed by atoms with Crippen molar-refractivity contribution in [3.8, 4) is 17.0 Å². The monoisotopic (exact) mass is 437 g/mol. The fourth-order valence-electron chi connectivity index (χ4n) is 4.17. The Morgan fingerprint density at radius 2 is 1.81 bits per heavy atom. The second-order valence-electron chi connectivity index (χ2n) is 8.14. The van der Waals surface area contributed by atoms with Crippen LogP contribution >= 0.6 is 0 Å². The number of anilines is 2. The molecule has 3 aromatic rings. The molecule has 2 aromatic heterocycles. The minimum absolute atomic E-state index is 0.0673. The van der Waals surface area contributed by atoms with Crippen molar-refractivity contribution in [1.82, 2.24) is 15.0 Å². The van der Waals surface area contributed by atoms with E-state index in [0.717, 1.165) is 48.6 Å². The molecule has 0 aliphatic carbocycles. The summed E-state index contributed by atoms with van der Waals surface area (Å²) in [6.45, 7) is 6.78. The van der Waals surface area contributed by atoms with Crippen molar-refractivity contribution in [3.05, 3.63) is 35.9 Å². The minimum atomic E-state index is -0.240. The smallest absolute Gasteiger partial charge is 0.229 e. The highest BCUT2D eigenvalue weighted by atomic mass is 16.5. The Kier molecular flexibility index (Phi) is 5.77. The highest BCUT2D eigenvalue weighted by Gasteiger charge is 2.24. The van der Waals surface area contributed by atoms with Gasteiger partial charge in [0.2, 0.25) is 5.95 Å². The van der Waals surface area contributed by atoms with Gasteiger partial charge in [0.15, 0.2) is 5.65 Å². The average Bonchev–Trinajstić information content (AvgIpc) is 2.84. The molecule has 2 saturated heterocycles. The topological polar surface area (TPSA) is 104 Å². The lowest BCUT2D eigenvalue weighted by Crippen LogP contribution is -2.42. The van der Waals surface area contributed by atoms with Gasteiger partial charge in [-0.15, -0.1) is 0 Å². The quantitative estimate of drug-likeness (QED) is 0.634. The van der Waals surface area contributed by atoms with E-state index in [1.54, 1.807) is 18.2 Å². The lowest BCUT2D eigenvalue weighted by molar-refractivity contribution is 0.0526. The van der Waals surface area contributed by atoms with E-state index in [0.29, 0.717) is 37.0 Å². The van der Waals surface area contributed by atoms with Gasteiger partial charge >= 0.3 is 0 Å². The second kappa shape index (κ2) is 8.85. The fourth-order valence-corrected chi connectivity index (χ4v) is 4.17. The van der Waals surface area contributed by atoms with E-state index in [1.165, 1.54) is 0 Å². The van der Waals surface area contributed by atoms with Crippen LogP contribution in [0.15, 0.2) is 30.3 Å². The van der Waals surface area contributed by atoms with Crippen LogP contribution in [-0.2, 0) is 16.1 Å². The average molecular weight is 438 g/mol. The number of rotatable bonds is 4. The van der Waals surface area contributed by atoms with Crippen LogP contribution in [-0.4, -0.2) is 77.3 Å². The first-order chi connectivity index (χ1) is 15.6. The van der Waals surface area contributed by atoms with Gasteiger partial charge in [-0.25, -0.2) is 4.98 Å². The maximum Gasteiger partial charge on any atom is 0.229 e. The second-order valence-corrected chi connectivity index (χ2v) is 8.14. The molecule has 0 spiro atoms. The number of aromatic hydroxyl groups is 1. The van der Waals surface area contributed by atoms with Gasteiger partial charge in [0.25, 0.3) is 0 Å². The van der Waals surface area contributed by atoms with E-state index in [4.69, 9.17) is 24.4 Å². The lowest BCUT2D eigenvalue weighted by Gasteiger charge is -2.33. The molecule has 0 amide bonds. The first-order valence-corrected chi connectivity index (χ1v) is 10.9. The van der Waals surface area contributed by atoms with Crippen molar-refractivity contribution in [2.45, 2.75) is 19.6 Å². The number of phenols is 1. The number of hydrogen-bond acceptors (Lipinski definition) is 9. The summed E-state index contributed by atoms with van der Waals surface area (Å²) in [5.41, 5.74) is 2.61. The Labute approximate surface area is 186 Å². The van der Waals surface area contributed by atoms with Crippen LogP contribution in [0.4, 0.5) is 11.8 Å². The van der Waals surface area contributed by atoms with Crippen molar-refractivity contribution in [2.24, 2.45) is 0 Å². The molecule has 4 heterocycles. The maximum atomic E-state index is 9.90. The number of ether oxygens (including phenoxy) is 2. The molecule has 0 unspecified atom stereocenters. The standard InChI is InChI=1S/C23H27N5O4/c1-15-13-28(8-11-32-15)23-25-21-18(22(26-23)27-6-9-31-10-7-27)3-4-19(24-21)16-2-5-20(30)17(12-16)14-29/h2-5,12,15,29-30H,6-11,13-14H2,1H3/t15-/m0/s1. The summed E-state index contributed by atoms with van der Waals surface area (Å²) in [7, 11) is 0. The molecule has 0 bridgehead atoms. The molecule has 1 atom stereocenters. The fraction of sp³-hybridized carbons (Fsp3) is 0.435. The third kappa shape index (κ3) is 4.06. The SMILES string of the molecule is C[C@H]1CN(c2nc(N3CCOCC3)c3ccc(-c4ccc(O)c(CO)c4)nc3n2)CCO1. The number of morpholine rings is 2. The summed E-state index contributed by atoms with van der Waals surface area (Å²) in [5, 5.41) is 20.3. The van der Waals surface area contributed by atoms with Crippen molar-refractivity contribution < 1.29 is 19.7 Å². The van der Waals surface area contributed by atoms with Gasteiger partial charge in [-0.1, -0.05) is 0 Å². The number of fused-ring (bicyclic) bond motifs is 1. The van der Waals surface area contributed by atoms with E-state index in [2.05, 4.69) is 16.7 Å². The summed E-state index contributed by atoms with van der Waals surface area (Å²) >= 11 is 0. The van der Waals surface area contributed by atoms with Crippen LogP contribution < -0.4 is 9.80 Å². The summed E-state index contributed by atoms with van der Waals surface area (Å²) in [4.78, 5) is 19.0. The molecule has 32 heavy (non-hydrogen) atoms. The Morgan fingerprint density at radius 1 is 1.00 bits per heavy atom. The normalized spacial score (nSPS) is 19.5. The van der Waals surface area contributed by atoms with Gasteiger partial charge in [-0.2, -0.15) is 9.97 Å². The minimum Gasteiger partial charge on any atom is -0.508 e. The zero-order valence-electron chi connectivity index (χ0n) is 18.1. The van der Waals surface area contributed by atoms with Crippen LogP contribution in [0.1, 0.15) is 12.5 Å². The molecule has 5 rings (SSSR count). The lowest BCUT2D eigenvalue weighted by atomic mass is 10.1. The summed E-state index contributed by atoms with van der Waals surface area (Å²) in [6.07, 6.45) is 0.114. The van der Waals surface area contributed by atoms with E-state index in [1.807, 2.05) is 12.1 Å². The van der Waals surface area contributed by atoms with Crippen molar-refractivity contribution in [3.63, 3.8) is 0 Å². The van der Waals surface area contributed by atoms with E-state index in [-0.39, 0.29) is 18.5 Å². The molecule has 2 aliphatic rings. The molecule has 2 N–H and O–H groups in total. The van der Waals surface area contributed by atoms with Gasteiger partial charge in [-0.3, -0.25) is 0 Å². The maximum absolute atomic E-state index is 9.90. The Morgan fingerprint density at radius 3 is 2.59 bits per heavy atom. The van der Waals surface area contributed by atoms with Crippen molar-refractivity contribution in [2.75, 3.05) is 55.8 Å². The predicted molar refractivity (Wildman–Crippen MR) is 121 cm³/mol. The molecule has 0 radical (unpaired) electrons. The number of aromatic nitrogens is 3. The molecule has 168 valence electrons. The Balaban J connectivity index is 1.61. The van der Waals surface area contributed by atoms with Crippen molar-refractivity contribution in [1.29, 1.82) is 0 Å². The molecular weight excluding hydrogens is 410 g/mol. The highest BCUT2D eigenvalue weighted by molar-refractivity contribution is 5.90. The van der Waals surface area contributed by atoms with Gasteiger partial charge in [0.05, 0.1) is 43.6 Å². The van der Waals surface area contributed by atoms with E-state index >= 15 is 0 Å². The van der Waals surface area contributed by atoms with Crippen LogP contribution in [0.5, 0.6) is 5.75 Å². The van der Waals surface area contributed by atoms with Crippen LogP contribution in [0, 0.1) is 0 Å². The zero-order chi connectivity index (χ0) is 22.1. The third-order valence-electron chi connectivity index (χ3n) is 5.91. The zero-order valence-corrected chi connectivity index (χ0v) is 18.1. The molecule has 0 saturated carbocycles. The molecule has 2 aliphatic heterocycles. The predicted octanol–water partition coefficient (Wildman–Crippen LogP) is 1.95. The van der Waals surface area contributed by atoms with Gasteiger partial charge in [0, 0.05) is 37.3 Å². The molecule has 9 heteroatoms. The van der Waals surface area contributed by atoms with Crippen LogP contribution in [0.25, 0.3) is 22.3 Å². The highest BCUT2D eigenvalue weighted by Crippen LogP contribution is 2.31. The summed E-state index contributed by atoms with van der Waals surface area (Å²) in [5.74, 6) is 1.59. The number of nitrogens with zero attached hydrogens (tertiary/aromatic N) is 5. The number of aliphatic hydroxyl groups excluding tert-OH is 1. The Hall–Kier alpha value is -3.01. The number of benzene rings is 1. The first kappa shape index (κ1) is 20.9. The van der Waals surface area contributed by atoms with Gasteiger partial charge in [-0.05, 0) is 37.3 Å². The summed E-state index contributed by atoms with van der Waals surface area (Å²) < 4.78 is 11.2. The van der Waals surface area contributed by atoms with Crippen molar-refractivity contribution >= 4 is 22.8 Å². The third-order valence-corrected chi connectivity index (χ3v) is 5.91. The van der Waals surface area contributed by atoms with Gasteiger partial charge in [0.1, 0.15) is 11.6 Å². The van der Waals surface area contributed by atoms with E-state index < -0.39 is 0 Å². The van der Waals surface area contributed by atoms with Gasteiger partial charge < -0.3 is 29.5 Å². The first-order valence-electron chi connectivity index (χ1n) is 10.9. The number of hydrogen-bond donors (Lipinski definition) is 2. The van der Waals surface area contributed by atoms with Crippen LogP contribution in [0.3, 0.4) is 0 Å². The van der Waals surface area contributed by atoms with Crippen LogP contribution in [0.2, 0.25) is 0 Å². The number of pyridine rings is 1.